The maximum atomic E-state index is 12.7. The molecule has 0 radical (unpaired) electrons. The number of aliphatic hydroxyl groups is 2. The van der Waals surface area contributed by atoms with Gasteiger partial charge in [-0.05, 0) is 42.5 Å². The molecule has 10 heteroatoms. The monoisotopic (exact) mass is 598 g/mol. The third-order valence-corrected chi connectivity index (χ3v) is 9.04. The van der Waals surface area contributed by atoms with Gasteiger partial charge in [0.25, 0.3) is 0 Å². The number of amides is 1. The Balaban J connectivity index is 1.28. The molecule has 0 aliphatic heterocycles. The van der Waals surface area contributed by atoms with Gasteiger partial charge in [-0.15, -0.1) is 0 Å². The number of nitrogens with zero attached hydrogens (tertiary/aromatic N) is 4. The summed E-state index contributed by atoms with van der Waals surface area (Å²) in [4.78, 5) is 26.8. The van der Waals surface area contributed by atoms with Crippen molar-refractivity contribution in [1.29, 1.82) is 0 Å². The molecule has 4 aromatic rings. The van der Waals surface area contributed by atoms with Crippen molar-refractivity contribution in [2.75, 3.05) is 12.4 Å². The highest BCUT2D eigenvalue weighted by Gasteiger charge is 2.75. The van der Waals surface area contributed by atoms with E-state index in [9.17, 15) is 15.0 Å². The Morgan fingerprint density at radius 1 is 1.12 bits per heavy atom. The quantitative estimate of drug-likeness (QED) is 0.260. The third-order valence-electron chi connectivity index (χ3n) is 8.55. The van der Waals surface area contributed by atoms with Crippen LogP contribution in [0, 0.1) is 23.2 Å². The number of aliphatic hydroxyl groups excluding tert-OH is 2. The zero-order chi connectivity index (χ0) is 27.6. The van der Waals surface area contributed by atoms with Crippen LogP contribution in [0.5, 0.6) is 0 Å². The van der Waals surface area contributed by atoms with E-state index in [1.165, 1.54) is 5.56 Å². The summed E-state index contributed by atoms with van der Waals surface area (Å²) < 4.78 is 2.71. The van der Waals surface area contributed by atoms with Crippen molar-refractivity contribution in [3.05, 3.63) is 82.3 Å². The Labute approximate surface area is 239 Å². The summed E-state index contributed by atoms with van der Waals surface area (Å²) in [5.74, 6) is 7.00. The molecule has 9 nitrogen and oxygen atoms in total. The molecule has 3 aliphatic rings. The topological polar surface area (TPSA) is 125 Å². The summed E-state index contributed by atoms with van der Waals surface area (Å²) in [6.45, 7) is 0. The first-order valence-corrected chi connectivity index (χ1v) is 14.1. The maximum absolute atomic E-state index is 12.7. The summed E-state index contributed by atoms with van der Waals surface area (Å²) in [6.07, 6.45) is 0.771. The van der Waals surface area contributed by atoms with E-state index in [1.807, 2.05) is 42.5 Å². The van der Waals surface area contributed by atoms with Crippen LogP contribution in [-0.2, 0) is 4.79 Å². The predicted octanol–water partition coefficient (Wildman–Crippen LogP) is 2.99. The van der Waals surface area contributed by atoms with Crippen LogP contribution in [0.4, 0.5) is 5.82 Å². The molecule has 2 heterocycles. The van der Waals surface area contributed by atoms with Gasteiger partial charge in [0.2, 0.25) is 11.7 Å². The molecular weight excluding hydrogens is 572 g/mol. The number of aromatic nitrogens is 4. The molecule has 3 fully saturated rings. The van der Waals surface area contributed by atoms with Crippen LogP contribution in [0.1, 0.15) is 41.8 Å². The highest BCUT2D eigenvalue weighted by Crippen LogP contribution is 2.67. The van der Waals surface area contributed by atoms with Crippen molar-refractivity contribution in [2.45, 2.75) is 43.1 Å². The van der Waals surface area contributed by atoms with Gasteiger partial charge in [-0.25, -0.2) is 15.0 Å². The lowest BCUT2D eigenvalue weighted by molar-refractivity contribution is -0.132. The minimum absolute atomic E-state index is 0.194. The lowest BCUT2D eigenvalue weighted by atomic mass is 9.98. The highest BCUT2D eigenvalue weighted by atomic mass is 79.9. The number of nitrogens with one attached hydrogen (secondary N) is 2. The van der Waals surface area contributed by atoms with E-state index in [2.05, 4.69) is 55.5 Å². The Hall–Kier alpha value is -3.78. The van der Waals surface area contributed by atoms with Gasteiger partial charge in [-0.2, -0.15) is 0 Å². The van der Waals surface area contributed by atoms with Gasteiger partial charge in [-0.1, -0.05) is 58.2 Å². The van der Waals surface area contributed by atoms with E-state index in [4.69, 9.17) is 9.97 Å². The molecule has 4 N–H and O–H groups in total. The summed E-state index contributed by atoms with van der Waals surface area (Å²) >= 11 is 3.48. The van der Waals surface area contributed by atoms with Crippen LogP contribution < -0.4 is 10.6 Å². The van der Waals surface area contributed by atoms with Gasteiger partial charge < -0.3 is 25.4 Å². The minimum Gasteiger partial charge on any atom is -0.389 e. The lowest BCUT2D eigenvalue weighted by Gasteiger charge is -2.23. The molecule has 0 saturated heterocycles. The zero-order valence-corrected chi connectivity index (χ0v) is 23.2. The Morgan fingerprint density at radius 2 is 1.95 bits per heavy atom. The molecule has 7 rings (SSSR count). The first-order valence-electron chi connectivity index (χ1n) is 13.3. The molecule has 3 aliphatic carbocycles. The van der Waals surface area contributed by atoms with Crippen LogP contribution >= 0.6 is 15.9 Å². The fraction of sp³-hybridized carbons (Fsp3) is 0.333. The van der Waals surface area contributed by atoms with Crippen LogP contribution in [-0.4, -0.2) is 60.9 Å². The van der Waals surface area contributed by atoms with E-state index in [1.54, 1.807) is 17.9 Å². The first kappa shape index (κ1) is 25.2. The van der Waals surface area contributed by atoms with E-state index in [-0.39, 0.29) is 17.9 Å². The molecule has 0 spiro atoms. The number of hydrogen-bond donors (Lipinski definition) is 4. The second kappa shape index (κ2) is 9.41. The average molecular weight is 599 g/mol. The van der Waals surface area contributed by atoms with Crippen molar-refractivity contribution in [1.82, 2.24) is 24.8 Å². The minimum atomic E-state index is -1.17. The van der Waals surface area contributed by atoms with E-state index < -0.39 is 23.7 Å². The number of halogens is 1. The summed E-state index contributed by atoms with van der Waals surface area (Å²) in [5, 5.41) is 28.2. The van der Waals surface area contributed by atoms with E-state index >= 15 is 0 Å². The second-order valence-electron chi connectivity index (χ2n) is 10.8. The second-order valence-corrected chi connectivity index (χ2v) is 11.8. The van der Waals surface area contributed by atoms with Crippen molar-refractivity contribution in [3.63, 3.8) is 0 Å². The zero-order valence-electron chi connectivity index (χ0n) is 21.6. The molecule has 1 amide bonds. The Kier molecular flexibility index (Phi) is 5.93. The Morgan fingerprint density at radius 3 is 2.73 bits per heavy atom. The summed E-state index contributed by atoms with van der Waals surface area (Å²) in [5.41, 5.74) is 2.15. The number of benzene rings is 2. The number of carbonyl (C=O) groups excluding carboxylic acids is 1. The van der Waals surface area contributed by atoms with Crippen molar-refractivity contribution < 1.29 is 15.0 Å². The fourth-order valence-electron chi connectivity index (χ4n) is 6.37. The average Bonchev–Trinajstić information content (AvgIpc) is 3.85. The van der Waals surface area contributed by atoms with Crippen molar-refractivity contribution in [3.8, 4) is 11.8 Å². The fourth-order valence-corrected chi connectivity index (χ4v) is 6.77. The number of hydrogen-bond acceptors (Lipinski definition) is 7. The standard InChI is InChI=1S/C30H27BrN6O3/c1-32-29(40)30-14-20(30)24(25(38)26(30)39)37-15-33-23-27(34-21-13-19(21)17-7-3-2-4-8-17)35-22(36-28(23)37)11-10-16-6-5-9-18(31)12-16/h2-9,12,15,19-21,24-26,38-39H,13-14H2,1H3,(H,32,40)(H,34,35,36)/t19-,20?,21?,24+,25?,26-,30+/m0/s1. The molecule has 202 valence electrons. The largest absolute Gasteiger partial charge is 0.389 e. The molecular formula is C30H27BrN6O3. The van der Waals surface area contributed by atoms with Crippen molar-refractivity contribution >= 4 is 38.8 Å². The van der Waals surface area contributed by atoms with Crippen LogP contribution in [0.15, 0.2) is 65.4 Å². The van der Waals surface area contributed by atoms with Crippen LogP contribution in [0.25, 0.3) is 11.2 Å². The summed E-state index contributed by atoms with van der Waals surface area (Å²) in [6, 6.07) is 17.7. The molecule has 40 heavy (non-hydrogen) atoms. The number of anilines is 1. The molecule has 3 unspecified atom stereocenters. The van der Waals surface area contributed by atoms with Crippen LogP contribution in [0.2, 0.25) is 0 Å². The maximum Gasteiger partial charge on any atom is 0.229 e. The van der Waals surface area contributed by atoms with Crippen LogP contribution in [0.3, 0.4) is 0 Å². The molecule has 2 aromatic carbocycles. The number of imidazole rings is 1. The van der Waals surface area contributed by atoms with Gasteiger partial charge >= 0.3 is 0 Å². The van der Waals surface area contributed by atoms with Gasteiger partial charge in [0, 0.05) is 35.0 Å². The van der Waals surface area contributed by atoms with Gasteiger partial charge in [0.15, 0.2) is 17.0 Å². The van der Waals surface area contributed by atoms with E-state index in [0.717, 1.165) is 16.5 Å². The SMILES string of the molecule is CNC(=O)[C@]12CC1[C@@H](n1cnc3c(NC4C[C@H]4c4ccccc4)nc(C#Cc4cccc(Br)c4)nc31)C(O)[C@@H]2O. The van der Waals surface area contributed by atoms with Gasteiger partial charge in [0.1, 0.15) is 6.10 Å². The number of carbonyl (C=O) groups is 1. The highest BCUT2D eigenvalue weighted by molar-refractivity contribution is 9.10. The molecule has 7 atom stereocenters. The Bertz CT molecular complexity index is 1700. The van der Waals surface area contributed by atoms with E-state index in [0.29, 0.717) is 35.1 Å². The lowest BCUT2D eigenvalue weighted by Crippen LogP contribution is -2.41. The molecule has 0 bridgehead atoms. The molecule has 3 saturated carbocycles. The first-order chi connectivity index (χ1) is 19.4. The normalized spacial score (nSPS) is 29.8. The number of fused-ring (bicyclic) bond motifs is 2. The number of rotatable bonds is 5. The van der Waals surface area contributed by atoms with Gasteiger partial charge in [0.05, 0.1) is 23.9 Å². The van der Waals surface area contributed by atoms with Gasteiger partial charge in [-0.3, -0.25) is 4.79 Å². The van der Waals surface area contributed by atoms with Crippen molar-refractivity contribution in [2.24, 2.45) is 11.3 Å². The molecule has 2 aromatic heterocycles. The summed E-state index contributed by atoms with van der Waals surface area (Å²) in [7, 11) is 1.55. The predicted molar refractivity (Wildman–Crippen MR) is 152 cm³/mol. The smallest absolute Gasteiger partial charge is 0.229 e. The third kappa shape index (κ3) is 4.00.